The Kier molecular flexibility index (Phi) is 7.65. The van der Waals surface area contributed by atoms with E-state index in [4.69, 9.17) is 13.9 Å². The van der Waals surface area contributed by atoms with Crippen molar-refractivity contribution in [3.63, 3.8) is 0 Å². The molecule has 0 unspecified atom stereocenters. The van der Waals surface area contributed by atoms with E-state index < -0.39 is 0 Å². The predicted octanol–water partition coefficient (Wildman–Crippen LogP) is 4.65. The number of aryl methyl sites for hydroxylation is 2. The van der Waals surface area contributed by atoms with Crippen molar-refractivity contribution in [2.75, 3.05) is 13.2 Å². The van der Waals surface area contributed by atoms with Crippen LogP contribution in [0.5, 0.6) is 11.5 Å². The number of carbonyl (C=O) groups is 1. The Labute approximate surface area is 182 Å². The van der Waals surface area contributed by atoms with E-state index in [0.717, 1.165) is 16.7 Å². The van der Waals surface area contributed by atoms with E-state index in [1.165, 1.54) is 0 Å². The number of hydrogen-bond donors (Lipinski definition) is 1. The monoisotopic (exact) mass is 423 g/mol. The number of ether oxygens (including phenoxy) is 2. The fourth-order valence-corrected chi connectivity index (χ4v) is 3.12. The fraction of sp³-hybridized carbons (Fsp3) is 0.375. The molecule has 31 heavy (non-hydrogen) atoms. The Hall–Kier alpha value is -3.35. The maximum Gasteiger partial charge on any atom is 0.247 e. The van der Waals surface area contributed by atoms with Crippen LogP contribution in [0.3, 0.4) is 0 Å². The molecule has 1 atom stereocenters. The second kappa shape index (κ2) is 10.6. The summed E-state index contributed by atoms with van der Waals surface area (Å²) in [4.78, 5) is 12.4. The summed E-state index contributed by atoms with van der Waals surface area (Å²) in [5.74, 6) is 2.19. The van der Waals surface area contributed by atoms with Crippen LogP contribution in [0.15, 0.2) is 46.9 Å². The minimum atomic E-state index is -0.173. The third-order valence-electron chi connectivity index (χ3n) is 4.78. The van der Waals surface area contributed by atoms with Gasteiger partial charge in [0.05, 0.1) is 19.3 Å². The normalized spacial score (nSPS) is 11.7. The van der Waals surface area contributed by atoms with E-state index in [-0.39, 0.29) is 18.4 Å². The van der Waals surface area contributed by atoms with Gasteiger partial charge in [-0.2, -0.15) is 0 Å². The SMILES string of the molecule is CCOc1ccc([C@@H](C)NC(=O)CCc2nnc(-c3ccc(C)cc3)o2)cc1OCC. The van der Waals surface area contributed by atoms with Crippen LogP contribution in [0.25, 0.3) is 11.5 Å². The summed E-state index contributed by atoms with van der Waals surface area (Å²) < 4.78 is 17.0. The van der Waals surface area contributed by atoms with Crippen LogP contribution in [0.1, 0.15) is 50.3 Å². The molecule has 0 spiro atoms. The lowest BCUT2D eigenvalue weighted by atomic mass is 10.1. The topological polar surface area (TPSA) is 86.5 Å². The van der Waals surface area contributed by atoms with Gasteiger partial charge >= 0.3 is 0 Å². The van der Waals surface area contributed by atoms with Gasteiger partial charge in [-0.05, 0) is 57.5 Å². The molecule has 1 heterocycles. The first-order valence-electron chi connectivity index (χ1n) is 10.6. The van der Waals surface area contributed by atoms with Gasteiger partial charge < -0.3 is 19.2 Å². The third-order valence-corrected chi connectivity index (χ3v) is 4.78. The zero-order valence-electron chi connectivity index (χ0n) is 18.5. The lowest BCUT2D eigenvalue weighted by Crippen LogP contribution is -2.26. The summed E-state index contributed by atoms with van der Waals surface area (Å²) in [6.07, 6.45) is 0.639. The van der Waals surface area contributed by atoms with E-state index >= 15 is 0 Å². The van der Waals surface area contributed by atoms with Crippen LogP contribution in [-0.4, -0.2) is 29.3 Å². The summed E-state index contributed by atoms with van der Waals surface area (Å²) in [5.41, 5.74) is 2.97. The Bertz CT molecular complexity index is 998. The van der Waals surface area contributed by atoms with Crippen molar-refractivity contribution in [2.45, 2.75) is 46.6 Å². The quantitative estimate of drug-likeness (QED) is 0.511. The van der Waals surface area contributed by atoms with Crippen molar-refractivity contribution < 1.29 is 18.7 Å². The average Bonchev–Trinajstić information content (AvgIpc) is 3.23. The molecule has 1 N–H and O–H groups in total. The number of rotatable bonds is 10. The summed E-state index contributed by atoms with van der Waals surface area (Å²) in [6.45, 7) is 8.92. The molecule has 0 fully saturated rings. The Balaban J connectivity index is 1.56. The number of aromatic nitrogens is 2. The number of benzene rings is 2. The minimum absolute atomic E-state index is 0.0885. The van der Waals surface area contributed by atoms with E-state index in [1.54, 1.807) is 0 Å². The molecule has 3 rings (SSSR count). The zero-order valence-corrected chi connectivity index (χ0v) is 18.5. The van der Waals surface area contributed by atoms with E-state index in [0.29, 0.717) is 42.9 Å². The van der Waals surface area contributed by atoms with Crippen LogP contribution in [0, 0.1) is 6.92 Å². The second-order valence-corrected chi connectivity index (χ2v) is 7.23. The van der Waals surface area contributed by atoms with Gasteiger partial charge in [0.15, 0.2) is 11.5 Å². The zero-order chi connectivity index (χ0) is 22.2. The number of hydrogen-bond acceptors (Lipinski definition) is 6. The van der Waals surface area contributed by atoms with Crippen LogP contribution in [-0.2, 0) is 11.2 Å². The maximum atomic E-state index is 12.4. The highest BCUT2D eigenvalue weighted by Crippen LogP contribution is 2.30. The van der Waals surface area contributed by atoms with Crippen molar-refractivity contribution in [3.8, 4) is 23.0 Å². The lowest BCUT2D eigenvalue weighted by molar-refractivity contribution is -0.121. The molecular weight excluding hydrogens is 394 g/mol. The Morgan fingerprint density at radius 2 is 1.74 bits per heavy atom. The number of nitrogens with zero attached hydrogens (tertiary/aromatic N) is 2. The number of amides is 1. The van der Waals surface area contributed by atoms with Gasteiger partial charge in [-0.15, -0.1) is 10.2 Å². The van der Waals surface area contributed by atoms with Gasteiger partial charge in [0.1, 0.15) is 0 Å². The fourth-order valence-electron chi connectivity index (χ4n) is 3.12. The third kappa shape index (κ3) is 6.07. The van der Waals surface area contributed by atoms with Gasteiger partial charge in [-0.3, -0.25) is 4.79 Å². The average molecular weight is 424 g/mol. The molecule has 0 radical (unpaired) electrons. The van der Waals surface area contributed by atoms with Crippen molar-refractivity contribution >= 4 is 5.91 Å². The molecule has 164 valence electrons. The standard InChI is InChI=1S/C24H29N3O4/c1-5-29-20-12-11-19(15-21(20)30-6-2)17(4)25-22(28)13-14-23-26-27-24(31-23)18-9-7-16(3)8-10-18/h7-12,15,17H,5-6,13-14H2,1-4H3,(H,25,28)/t17-/m1/s1. The van der Waals surface area contributed by atoms with Crippen molar-refractivity contribution in [1.29, 1.82) is 0 Å². The lowest BCUT2D eigenvalue weighted by Gasteiger charge is -2.17. The predicted molar refractivity (Wildman–Crippen MR) is 118 cm³/mol. The summed E-state index contributed by atoms with van der Waals surface area (Å²) in [5, 5.41) is 11.1. The van der Waals surface area contributed by atoms with Gasteiger partial charge in [-0.1, -0.05) is 23.8 Å². The second-order valence-electron chi connectivity index (χ2n) is 7.23. The van der Waals surface area contributed by atoms with Crippen LogP contribution < -0.4 is 14.8 Å². The summed E-state index contributed by atoms with van der Waals surface area (Å²) >= 11 is 0. The minimum Gasteiger partial charge on any atom is -0.490 e. The highest BCUT2D eigenvalue weighted by atomic mass is 16.5. The smallest absolute Gasteiger partial charge is 0.247 e. The first kappa shape index (κ1) is 22.3. The van der Waals surface area contributed by atoms with Gasteiger partial charge in [-0.25, -0.2) is 0 Å². The molecule has 0 bridgehead atoms. The van der Waals surface area contributed by atoms with Gasteiger partial charge in [0.2, 0.25) is 17.7 Å². The number of nitrogens with one attached hydrogen (secondary N) is 1. The van der Waals surface area contributed by atoms with Crippen molar-refractivity contribution in [3.05, 3.63) is 59.5 Å². The summed E-state index contributed by atoms with van der Waals surface area (Å²) in [7, 11) is 0. The molecule has 7 nitrogen and oxygen atoms in total. The first-order valence-corrected chi connectivity index (χ1v) is 10.6. The maximum absolute atomic E-state index is 12.4. The van der Waals surface area contributed by atoms with Crippen molar-refractivity contribution in [1.82, 2.24) is 15.5 Å². The molecule has 0 aliphatic rings. The molecule has 7 heteroatoms. The molecule has 1 amide bonds. The molecule has 0 aliphatic heterocycles. The Morgan fingerprint density at radius 1 is 1.03 bits per heavy atom. The highest BCUT2D eigenvalue weighted by Gasteiger charge is 2.15. The molecule has 1 aromatic heterocycles. The van der Waals surface area contributed by atoms with E-state index in [2.05, 4.69) is 15.5 Å². The van der Waals surface area contributed by atoms with Crippen LogP contribution >= 0.6 is 0 Å². The molecule has 2 aromatic carbocycles. The van der Waals surface area contributed by atoms with Gasteiger partial charge in [0.25, 0.3) is 0 Å². The molecular formula is C24H29N3O4. The van der Waals surface area contributed by atoms with Gasteiger partial charge in [0, 0.05) is 18.4 Å². The molecule has 0 saturated carbocycles. The van der Waals surface area contributed by atoms with Crippen LogP contribution in [0.2, 0.25) is 0 Å². The largest absolute Gasteiger partial charge is 0.490 e. The number of carbonyl (C=O) groups excluding carboxylic acids is 1. The molecule has 3 aromatic rings. The highest BCUT2D eigenvalue weighted by molar-refractivity contribution is 5.76. The van der Waals surface area contributed by atoms with Crippen molar-refractivity contribution in [2.24, 2.45) is 0 Å². The van der Waals surface area contributed by atoms with E-state index in [1.807, 2.05) is 70.2 Å². The first-order chi connectivity index (χ1) is 15.0. The Morgan fingerprint density at radius 3 is 2.45 bits per heavy atom. The summed E-state index contributed by atoms with van der Waals surface area (Å²) in [6, 6.07) is 13.4. The molecule has 0 saturated heterocycles. The van der Waals surface area contributed by atoms with E-state index in [9.17, 15) is 4.79 Å². The van der Waals surface area contributed by atoms with Crippen LogP contribution in [0.4, 0.5) is 0 Å². The molecule has 0 aliphatic carbocycles.